The van der Waals surface area contributed by atoms with Crippen LogP contribution in [0.2, 0.25) is 0 Å². The Bertz CT molecular complexity index is 92.9. The average Bonchev–Trinajstić information content (AvgIpc) is 2.10. The average molecular weight is 128 g/mol. The van der Waals surface area contributed by atoms with Gasteiger partial charge in [-0.05, 0) is 20.4 Å². The molecule has 0 amide bonds. The molecule has 0 aromatic rings. The molecule has 2 unspecified atom stereocenters. The molecule has 0 aliphatic carbocycles. The number of nitrogens with one attached hydrogen (secondary N) is 1. The molecule has 0 saturated carbocycles. The molecule has 1 fully saturated rings. The van der Waals surface area contributed by atoms with Crippen molar-refractivity contribution in [3.8, 4) is 0 Å². The topological polar surface area (TPSA) is 15.3 Å². The van der Waals surface area contributed by atoms with Gasteiger partial charge in [0.25, 0.3) is 0 Å². The number of hydrogen-bond acceptors (Lipinski definition) is 2. The molecule has 0 aromatic carbocycles. The second-order valence-corrected chi connectivity index (χ2v) is 2.83. The first-order valence-electron chi connectivity index (χ1n) is 3.74. The molecule has 2 heteroatoms. The third-order valence-electron chi connectivity index (χ3n) is 1.99. The maximum atomic E-state index is 3.44. The normalized spacial score (nSPS) is 37.7. The van der Waals surface area contributed by atoms with Crippen molar-refractivity contribution in [1.82, 2.24) is 10.2 Å². The predicted octanol–water partition coefficient (Wildman–Crippen LogP) is 0.646. The van der Waals surface area contributed by atoms with Gasteiger partial charge in [0.1, 0.15) is 0 Å². The highest BCUT2D eigenvalue weighted by atomic mass is 15.3. The van der Waals surface area contributed by atoms with Gasteiger partial charge >= 0.3 is 0 Å². The fraction of sp³-hybridized carbons (Fsp3) is 1.00. The van der Waals surface area contributed by atoms with Gasteiger partial charge in [0.15, 0.2) is 0 Å². The van der Waals surface area contributed by atoms with Gasteiger partial charge < -0.3 is 0 Å². The van der Waals surface area contributed by atoms with Crippen LogP contribution in [-0.4, -0.2) is 30.2 Å². The Morgan fingerprint density at radius 3 is 2.44 bits per heavy atom. The first-order valence-corrected chi connectivity index (χ1v) is 3.74. The van der Waals surface area contributed by atoms with Crippen molar-refractivity contribution >= 4 is 0 Å². The molecule has 0 radical (unpaired) electrons. The lowest BCUT2D eigenvalue weighted by molar-refractivity contribution is 0.271. The summed E-state index contributed by atoms with van der Waals surface area (Å²) < 4.78 is 0. The lowest BCUT2D eigenvalue weighted by atomic mass is 10.4. The van der Waals surface area contributed by atoms with Crippen LogP contribution < -0.4 is 5.32 Å². The highest BCUT2D eigenvalue weighted by molar-refractivity contribution is 4.79. The molecule has 1 rings (SSSR count). The monoisotopic (exact) mass is 128 g/mol. The highest BCUT2D eigenvalue weighted by Crippen LogP contribution is 2.05. The molecule has 0 spiro atoms. The van der Waals surface area contributed by atoms with Crippen molar-refractivity contribution < 1.29 is 0 Å². The van der Waals surface area contributed by atoms with Crippen LogP contribution in [0, 0.1) is 0 Å². The molecule has 2 nitrogen and oxygen atoms in total. The van der Waals surface area contributed by atoms with Gasteiger partial charge in [-0.1, -0.05) is 6.92 Å². The van der Waals surface area contributed by atoms with Gasteiger partial charge in [0, 0.05) is 12.6 Å². The third-order valence-corrected chi connectivity index (χ3v) is 1.99. The fourth-order valence-corrected chi connectivity index (χ4v) is 1.48. The van der Waals surface area contributed by atoms with Crippen LogP contribution in [0.15, 0.2) is 0 Å². The van der Waals surface area contributed by atoms with Gasteiger partial charge in [0.2, 0.25) is 0 Å². The Labute approximate surface area is 57.2 Å². The SMILES string of the molecule is CCN1CC(C)NC1C. The van der Waals surface area contributed by atoms with Gasteiger partial charge in [-0.15, -0.1) is 0 Å². The minimum Gasteiger partial charge on any atom is -0.298 e. The molecule has 1 aliphatic rings. The van der Waals surface area contributed by atoms with Crippen LogP contribution in [0.3, 0.4) is 0 Å². The second kappa shape index (κ2) is 2.67. The summed E-state index contributed by atoms with van der Waals surface area (Å²) in [6.45, 7) is 9.02. The van der Waals surface area contributed by atoms with E-state index in [1.54, 1.807) is 0 Å². The fourth-order valence-electron chi connectivity index (χ4n) is 1.48. The lowest BCUT2D eigenvalue weighted by Crippen LogP contribution is -2.32. The molecule has 54 valence electrons. The van der Waals surface area contributed by atoms with E-state index in [2.05, 4.69) is 31.0 Å². The van der Waals surface area contributed by atoms with Crippen LogP contribution in [0.1, 0.15) is 20.8 Å². The van der Waals surface area contributed by atoms with Crippen LogP contribution in [0.25, 0.3) is 0 Å². The van der Waals surface area contributed by atoms with Gasteiger partial charge in [-0.3, -0.25) is 10.2 Å². The summed E-state index contributed by atoms with van der Waals surface area (Å²) in [7, 11) is 0. The Morgan fingerprint density at radius 2 is 2.22 bits per heavy atom. The van der Waals surface area contributed by atoms with Gasteiger partial charge in [-0.2, -0.15) is 0 Å². The second-order valence-electron chi connectivity index (χ2n) is 2.83. The van der Waals surface area contributed by atoms with Crippen molar-refractivity contribution in [2.45, 2.75) is 33.0 Å². The first kappa shape index (κ1) is 7.03. The van der Waals surface area contributed by atoms with Crippen LogP contribution in [-0.2, 0) is 0 Å². The van der Waals surface area contributed by atoms with E-state index in [4.69, 9.17) is 0 Å². The minimum atomic E-state index is 0.588. The standard InChI is InChI=1S/C7H16N2/c1-4-9-5-6(2)8-7(9)3/h6-8H,4-5H2,1-3H3. The molecule has 9 heavy (non-hydrogen) atoms. The Hall–Kier alpha value is -0.0800. The third kappa shape index (κ3) is 1.43. The summed E-state index contributed by atoms with van der Waals surface area (Å²) >= 11 is 0. The number of nitrogens with zero attached hydrogens (tertiary/aromatic N) is 1. The smallest absolute Gasteiger partial charge is 0.0570 e. The molecule has 1 saturated heterocycles. The van der Waals surface area contributed by atoms with Crippen molar-refractivity contribution in [3.63, 3.8) is 0 Å². The highest BCUT2D eigenvalue weighted by Gasteiger charge is 2.22. The van der Waals surface area contributed by atoms with Gasteiger partial charge in [-0.25, -0.2) is 0 Å². The quantitative estimate of drug-likeness (QED) is 0.557. The van der Waals surface area contributed by atoms with E-state index in [1.165, 1.54) is 13.1 Å². The van der Waals surface area contributed by atoms with E-state index < -0.39 is 0 Å². The molecular weight excluding hydrogens is 112 g/mol. The zero-order valence-corrected chi connectivity index (χ0v) is 6.52. The summed E-state index contributed by atoms with van der Waals surface area (Å²) in [5, 5.41) is 3.44. The summed E-state index contributed by atoms with van der Waals surface area (Å²) in [5.74, 6) is 0. The molecule has 0 bridgehead atoms. The lowest BCUT2D eigenvalue weighted by Gasteiger charge is -2.16. The van der Waals surface area contributed by atoms with E-state index in [1.807, 2.05) is 0 Å². The Morgan fingerprint density at radius 1 is 1.56 bits per heavy atom. The van der Waals surface area contributed by atoms with Gasteiger partial charge in [0.05, 0.1) is 6.17 Å². The predicted molar refractivity (Wildman–Crippen MR) is 39.3 cm³/mol. The molecule has 2 atom stereocenters. The number of likely N-dealkylation sites (N-methyl/N-ethyl adjacent to an activating group) is 1. The van der Waals surface area contributed by atoms with Crippen molar-refractivity contribution in [2.75, 3.05) is 13.1 Å². The van der Waals surface area contributed by atoms with Crippen molar-refractivity contribution in [1.29, 1.82) is 0 Å². The summed E-state index contributed by atoms with van der Waals surface area (Å²) in [4.78, 5) is 2.44. The summed E-state index contributed by atoms with van der Waals surface area (Å²) in [6.07, 6.45) is 0.588. The summed E-state index contributed by atoms with van der Waals surface area (Å²) in [6, 6.07) is 0.681. The van der Waals surface area contributed by atoms with E-state index >= 15 is 0 Å². The van der Waals surface area contributed by atoms with Crippen LogP contribution in [0.5, 0.6) is 0 Å². The largest absolute Gasteiger partial charge is 0.298 e. The zero-order chi connectivity index (χ0) is 6.85. The maximum absolute atomic E-state index is 3.44. The summed E-state index contributed by atoms with van der Waals surface area (Å²) in [5.41, 5.74) is 0. The minimum absolute atomic E-state index is 0.588. The zero-order valence-electron chi connectivity index (χ0n) is 6.52. The molecule has 1 aliphatic heterocycles. The number of hydrogen-bond donors (Lipinski definition) is 1. The Balaban J connectivity index is 2.38. The molecule has 0 aromatic heterocycles. The maximum Gasteiger partial charge on any atom is 0.0570 e. The van der Waals surface area contributed by atoms with E-state index in [0.717, 1.165) is 0 Å². The Kier molecular flexibility index (Phi) is 2.09. The number of rotatable bonds is 1. The molecule has 1 heterocycles. The van der Waals surface area contributed by atoms with Crippen LogP contribution >= 0.6 is 0 Å². The molecule has 1 N–H and O–H groups in total. The van der Waals surface area contributed by atoms with E-state index in [-0.39, 0.29) is 0 Å². The van der Waals surface area contributed by atoms with Crippen LogP contribution in [0.4, 0.5) is 0 Å². The van der Waals surface area contributed by atoms with E-state index in [9.17, 15) is 0 Å². The van der Waals surface area contributed by atoms with E-state index in [0.29, 0.717) is 12.2 Å². The van der Waals surface area contributed by atoms with Crippen molar-refractivity contribution in [3.05, 3.63) is 0 Å². The first-order chi connectivity index (χ1) is 4.24. The van der Waals surface area contributed by atoms with Crippen molar-refractivity contribution in [2.24, 2.45) is 0 Å². The molecular formula is C7H16N2.